The average molecular weight is 454 g/mol. The summed E-state index contributed by atoms with van der Waals surface area (Å²) in [7, 11) is -3.46. The van der Waals surface area contributed by atoms with E-state index in [2.05, 4.69) is 9.71 Å². The normalized spacial score (nSPS) is 15.8. The second kappa shape index (κ2) is 8.42. The molecule has 1 fully saturated rings. The van der Waals surface area contributed by atoms with Crippen molar-refractivity contribution in [2.45, 2.75) is 29.5 Å². The van der Waals surface area contributed by atoms with Crippen LogP contribution in [0.25, 0.3) is 10.6 Å². The minimum atomic E-state index is -3.46. The monoisotopic (exact) mass is 453 g/mol. The van der Waals surface area contributed by atoms with Gasteiger partial charge in [0.25, 0.3) is 0 Å². The summed E-state index contributed by atoms with van der Waals surface area (Å²) in [5.74, 6) is 0.0433. The fraction of sp³-hybridized carbons (Fsp3) is 0.333. The number of amides is 1. The average Bonchev–Trinajstić information content (AvgIpc) is 3.43. The van der Waals surface area contributed by atoms with Gasteiger partial charge in [0.2, 0.25) is 15.9 Å². The molecule has 3 aromatic heterocycles. The van der Waals surface area contributed by atoms with Gasteiger partial charge in [0.15, 0.2) is 0 Å². The molecular weight excluding hydrogens is 434 g/mol. The standard InChI is InChI=1S/C18H19N3O3S4/c22-16(10-15-12-27-18(19-15)13-5-9-25-11-13)21-6-3-14(4-7-21)20-28(23,24)17-2-1-8-26-17/h1-2,5,8-9,11-12,14,20H,3-4,6-7,10H2. The van der Waals surface area contributed by atoms with Crippen LogP contribution in [0.3, 0.4) is 0 Å². The van der Waals surface area contributed by atoms with Crippen molar-refractivity contribution in [3.63, 3.8) is 0 Å². The van der Waals surface area contributed by atoms with E-state index >= 15 is 0 Å². The lowest BCUT2D eigenvalue weighted by Crippen LogP contribution is -2.46. The van der Waals surface area contributed by atoms with E-state index in [1.165, 1.54) is 11.3 Å². The fourth-order valence-electron chi connectivity index (χ4n) is 3.11. The number of aromatic nitrogens is 1. The van der Waals surface area contributed by atoms with Gasteiger partial charge in [-0.3, -0.25) is 4.79 Å². The van der Waals surface area contributed by atoms with Gasteiger partial charge in [-0.2, -0.15) is 11.3 Å². The lowest BCUT2D eigenvalue weighted by atomic mass is 10.1. The third-order valence-electron chi connectivity index (χ3n) is 4.58. The summed E-state index contributed by atoms with van der Waals surface area (Å²) in [6.07, 6.45) is 1.52. The Morgan fingerprint density at radius 1 is 1.18 bits per heavy atom. The molecule has 3 aromatic rings. The van der Waals surface area contributed by atoms with Crippen molar-refractivity contribution in [2.75, 3.05) is 13.1 Å². The Balaban J connectivity index is 1.29. The highest BCUT2D eigenvalue weighted by molar-refractivity contribution is 7.91. The summed E-state index contributed by atoms with van der Waals surface area (Å²) in [4.78, 5) is 19.0. The van der Waals surface area contributed by atoms with Crippen LogP contribution in [0, 0.1) is 0 Å². The van der Waals surface area contributed by atoms with Crippen LogP contribution in [0.15, 0.2) is 43.9 Å². The molecule has 0 bridgehead atoms. The number of piperidine rings is 1. The number of rotatable bonds is 6. The molecule has 0 saturated carbocycles. The van der Waals surface area contributed by atoms with E-state index in [1.807, 2.05) is 22.2 Å². The van der Waals surface area contributed by atoms with Crippen LogP contribution in [-0.4, -0.2) is 43.3 Å². The lowest BCUT2D eigenvalue weighted by Gasteiger charge is -2.32. The summed E-state index contributed by atoms with van der Waals surface area (Å²) >= 11 is 4.38. The Kier molecular flexibility index (Phi) is 5.93. The maximum atomic E-state index is 12.6. The molecule has 0 aromatic carbocycles. The molecule has 0 spiro atoms. The number of nitrogens with one attached hydrogen (secondary N) is 1. The minimum absolute atomic E-state index is 0.0433. The fourth-order valence-corrected chi connectivity index (χ4v) is 6.96. The molecule has 0 unspecified atom stereocenters. The van der Waals surface area contributed by atoms with Crippen LogP contribution in [-0.2, 0) is 21.2 Å². The van der Waals surface area contributed by atoms with Crippen LogP contribution in [0.5, 0.6) is 0 Å². The molecule has 6 nitrogen and oxygen atoms in total. The lowest BCUT2D eigenvalue weighted by molar-refractivity contribution is -0.131. The van der Waals surface area contributed by atoms with Crippen molar-refractivity contribution >= 4 is 49.9 Å². The van der Waals surface area contributed by atoms with Crippen molar-refractivity contribution in [3.8, 4) is 10.6 Å². The minimum Gasteiger partial charge on any atom is -0.342 e. The summed E-state index contributed by atoms with van der Waals surface area (Å²) in [6.45, 7) is 1.11. The Morgan fingerprint density at radius 3 is 2.68 bits per heavy atom. The van der Waals surface area contributed by atoms with E-state index in [0.29, 0.717) is 30.1 Å². The van der Waals surface area contributed by atoms with Gasteiger partial charge in [0, 0.05) is 35.5 Å². The van der Waals surface area contributed by atoms with E-state index < -0.39 is 10.0 Å². The van der Waals surface area contributed by atoms with Crippen molar-refractivity contribution in [3.05, 3.63) is 45.4 Å². The molecule has 28 heavy (non-hydrogen) atoms. The summed E-state index contributed by atoms with van der Waals surface area (Å²) < 4.78 is 27.8. The number of thiazole rings is 1. The van der Waals surface area contributed by atoms with Crippen LogP contribution in [0.4, 0.5) is 0 Å². The molecule has 10 heteroatoms. The Hall–Kier alpha value is -1.59. The second-order valence-corrected chi connectivity index (χ2v) is 11.1. The van der Waals surface area contributed by atoms with Crippen LogP contribution < -0.4 is 4.72 Å². The number of hydrogen-bond acceptors (Lipinski definition) is 7. The van der Waals surface area contributed by atoms with Crippen molar-refractivity contribution < 1.29 is 13.2 Å². The van der Waals surface area contributed by atoms with E-state index in [-0.39, 0.29) is 18.4 Å². The quantitative estimate of drug-likeness (QED) is 0.620. The molecule has 1 amide bonds. The highest BCUT2D eigenvalue weighted by Crippen LogP contribution is 2.26. The first-order valence-electron chi connectivity index (χ1n) is 8.82. The Labute approximate surface area is 175 Å². The summed E-state index contributed by atoms with van der Waals surface area (Å²) in [5, 5.41) is 8.68. The van der Waals surface area contributed by atoms with Crippen LogP contribution in [0.2, 0.25) is 0 Å². The van der Waals surface area contributed by atoms with Gasteiger partial charge < -0.3 is 4.90 Å². The Bertz CT molecular complexity index is 1020. The molecule has 1 aliphatic heterocycles. The first kappa shape index (κ1) is 19.7. The topological polar surface area (TPSA) is 79.4 Å². The van der Waals surface area contributed by atoms with Crippen molar-refractivity contribution in [1.82, 2.24) is 14.6 Å². The molecule has 4 heterocycles. The van der Waals surface area contributed by atoms with Gasteiger partial charge >= 0.3 is 0 Å². The molecule has 1 saturated heterocycles. The van der Waals surface area contributed by atoms with Crippen molar-refractivity contribution in [2.24, 2.45) is 0 Å². The molecule has 1 N–H and O–H groups in total. The van der Waals surface area contributed by atoms with E-state index in [4.69, 9.17) is 0 Å². The third kappa shape index (κ3) is 4.52. The third-order valence-corrected chi connectivity index (χ3v) is 9.12. The number of thiophene rings is 2. The zero-order valence-electron chi connectivity index (χ0n) is 14.9. The van der Waals surface area contributed by atoms with Crippen LogP contribution in [0.1, 0.15) is 18.5 Å². The number of hydrogen-bond donors (Lipinski definition) is 1. The maximum Gasteiger partial charge on any atom is 0.250 e. The van der Waals surface area contributed by atoms with Crippen LogP contribution >= 0.6 is 34.0 Å². The predicted octanol–water partition coefficient (Wildman–Crippen LogP) is 3.45. The van der Waals surface area contributed by atoms with E-state index in [0.717, 1.165) is 16.3 Å². The predicted molar refractivity (Wildman–Crippen MR) is 113 cm³/mol. The zero-order valence-corrected chi connectivity index (χ0v) is 18.2. The first-order chi connectivity index (χ1) is 13.5. The molecule has 0 atom stereocenters. The van der Waals surface area contributed by atoms with Gasteiger partial charge in [-0.25, -0.2) is 18.1 Å². The summed E-state index contributed by atoms with van der Waals surface area (Å²) in [5.41, 5.74) is 1.88. The Morgan fingerprint density at radius 2 is 2.00 bits per heavy atom. The summed E-state index contributed by atoms with van der Waals surface area (Å²) in [6, 6.07) is 5.21. The van der Waals surface area contributed by atoms with Gasteiger partial charge in [0.05, 0.1) is 12.1 Å². The number of likely N-dealkylation sites (tertiary alicyclic amines) is 1. The zero-order chi connectivity index (χ0) is 19.6. The largest absolute Gasteiger partial charge is 0.342 e. The number of carbonyl (C=O) groups excluding carboxylic acids is 1. The number of nitrogens with zero attached hydrogens (tertiary/aromatic N) is 2. The molecular formula is C18H19N3O3S4. The molecule has 148 valence electrons. The molecule has 1 aliphatic rings. The second-order valence-electron chi connectivity index (χ2n) is 6.54. The highest BCUT2D eigenvalue weighted by atomic mass is 32.2. The molecule has 0 radical (unpaired) electrons. The van der Waals surface area contributed by atoms with E-state index in [1.54, 1.807) is 45.1 Å². The number of sulfonamides is 1. The van der Waals surface area contributed by atoms with Gasteiger partial charge in [-0.15, -0.1) is 22.7 Å². The SMILES string of the molecule is O=C(Cc1csc(-c2ccsc2)n1)N1CCC(NS(=O)(=O)c2cccs2)CC1. The number of carbonyl (C=O) groups is 1. The first-order valence-corrected chi connectivity index (χ1v) is 13.0. The van der Waals surface area contributed by atoms with Gasteiger partial charge in [-0.1, -0.05) is 6.07 Å². The molecule has 0 aliphatic carbocycles. The smallest absolute Gasteiger partial charge is 0.250 e. The van der Waals surface area contributed by atoms with Gasteiger partial charge in [-0.05, 0) is 35.7 Å². The van der Waals surface area contributed by atoms with Gasteiger partial charge in [0.1, 0.15) is 9.22 Å². The maximum absolute atomic E-state index is 12.6. The molecule has 4 rings (SSSR count). The van der Waals surface area contributed by atoms with E-state index in [9.17, 15) is 13.2 Å². The van der Waals surface area contributed by atoms with Crippen molar-refractivity contribution in [1.29, 1.82) is 0 Å². The highest BCUT2D eigenvalue weighted by Gasteiger charge is 2.27.